The minimum absolute atomic E-state index is 0.0611. The molecular formula is C15H18F2N2O. The highest BCUT2D eigenvalue weighted by Crippen LogP contribution is 2.27. The lowest BCUT2D eigenvalue weighted by molar-refractivity contribution is -0.132. The summed E-state index contributed by atoms with van der Waals surface area (Å²) in [7, 11) is 0. The first-order chi connectivity index (χ1) is 9.65. The third-order valence-corrected chi connectivity index (χ3v) is 4.43. The first-order valence-corrected chi connectivity index (χ1v) is 7.06. The van der Waals surface area contributed by atoms with Crippen molar-refractivity contribution in [2.24, 2.45) is 11.8 Å². The standard InChI is InChI=1S/C15H18F2N2O/c16-13-3-1-2-10(15(13)17)6-14(20)19-5-4-11-7-18-8-12(11)9-19/h1-3,11-12,18H,4-9H2. The van der Waals surface area contributed by atoms with Crippen molar-refractivity contribution in [2.45, 2.75) is 12.8 Å². The lowest BCUT2D eigenvalue weighted by Crippen LogP contribution is -2.44. The zero-order valence-corrected chi connectivity index (χ0v) is 11.2. The van der Waals surface area contributed by atoms with Crippen molar-refractivity contribution in [3.63, 3.8) is 0 Å². The summed E-state index contributed by atoms with van der Waals surface area (Å²) in [5, 5.41) is 3.34. The summed E-state index contributed by atoms with van der Waals surface area (Å²) in [6.07, 6.45) is 0.934. The number of nitrogens with zero attached hydrogens (tertiary/aromatic N) is 1. The van der Waals surface area contributed by atoms with Gasteiger partial charge in [-0.2, -0.15) is 0 Å². The van der Waals surface area contributed by atoms with Crippen LogP contribution in [0.2, 0.25) is 0 Å². The van der Waals surface area contributed by atoms with E-state index < -0.39 is 11.6 Å². The van der Waals surface area contributed by atoms with Crippen LogP contribution >= 0.6 is 0 Å². The van der Waals surface area contributed by atoms with Gasteiger partial charge >= 0.3 is 0 Å². The van der Waals surface area contributed by atoms with Crippen molar-refractivity contribution in [1.29, 1.82) is 0 Å². The summed E-state index contributed by atoms with van der Waals surface area (Å²) in [5.74, 6) is -0.748. The van der Waals surface area contributed by atoms with Gasteiger partial charge in [0.1, 0.15) is 0 Å². The topological polar surface area (TPSA) is 32.3 Å². The van der Waals surface area contributed by atoms with Gasteiger partial charge in [0.05, 0.1) is 6.42 Å². The number of fused-ring (bicyclic) bond motifs is 1. The van der Waals surface area contributed by atoms with Gasteiger partial charge < -0.3 is 10.2 Å². The minimum Gasteiger partial charge on any atom is -0.342 e. The van der Waals surface area contributed by atoms with E-state index in [9.17, 15) is 13.6 Å². The smallest absolute Gasteiger partial charge is 0.227 e. The van der Waals surface area contributed by atoms with E-state index >= 15 is 0 Å². The number of carbonyl (C=O) groups is 1. The summed E-state index contributed by atoms with van der Waals surface area (Å²) in [6, 6.07) is 3.98. The molecule has 0 aliphatic carbocycles. The number of benzene rings is 1. The predicted octanol–water partition coefficient (Wildman–Crippen LogP) is 1.58. The number of hydrogen-bond donors (Lipinski definition) is 1. The maximum Gasteiger partial charge on any atom is 0.227 e. The van der Waals surface area contributed by atoms with Gasteiger partial charge in [0, 0.05) is 18.7 Å². The molecule has 5 heteroatoms. The molecule has 3 nitrogen and oxygen atoms in total. The van der Waals surface area contributed by atoms with Crippen LogP contribution in [0.5, 0.6) is 0 Å². The van der Waals surface area contributed by atoms with E-state index in [0.717, 1.165) is 38.7 Å². The number of likely N-dealkylation sites (tertiary alicyclic amines) is 1. The number of nitrogens with one attached hydrogen (secondary N) is 1. The molecule has 1 aromatic rings. The summed E-state index contributed by atoms with van der Waals surface area (Å²) in [5.41, 5.74) is 0.140. The third kappa shape index (κ3) is 2.54. The van der Waals surface area contributed by atoms with E-state index in [0.29, 0.717) is 11.8 Å². The van der Waals surface area contributed by atoms with Gasteiger partial charge in [-0.3, -0.25) is 4.79 Å². The molecule has 108 valence electrons. The SMILES string of the molecule is O=C(Cc1cccc(F)c1F)N1CCC2CNCC2C1. The monoisotopic (exact) mass is 280 g/mol. The fourth-order valence-electron chi connectivity index (χ4n) is 3.22. The molecule has 2 fully saturated rings. The van der Waals surface area contributed by atoms with Crippen molar-refractivity contribution in [2.75, 3.05) is 26.2 Å². The molecule has 1 amide bonds. The average Bonchev–Trinajstić information content (AvgIpc) is 2.91. The Morgan fingerprint density at radius 2 is 2.10 bits per heavy atom. The zero-order valence-electron chi connectivity index (χ0n) is 11.2. The Balaban J connectivity index is 1.66. The van der Waals surface area contributed by atoms with E-state index in [-0.39, 0.29) is 17.9 Å². The highest BCUT2D eigenvalue weighted by Gasteiger charge is 2.34. The fourth-order valence-corrected chi connectivity index (χ4v) is 3.22. The molecule has 0 aromatic heterocycles. The van der Waals surface area contributed by atoms with Crippen LogP contribution < -0.4 is 5.32 Å². The van der Waals surface area contributed by atoms with Gasteiger partial charge in [-0.15, -0.1) is 0 Å². The second kappa shape index (κ2) is 5.48. The molecule has 1 N–H and O–H groups in total. The van der Waals surface area contributed by atoms with Crippen molar-refractivity contribution >= 4 is 5.91 Å². The number of rotatable bonds is 2. The lowest BCUT2D eigenvalue weighted by atomic mass is 9.88. The van der Waals surface area contributed by atoms with Crippen molar-refractivity contribution in [3.8, 4) is 0 Å². The van der Waals surface area contributed by atoms with Crippen LogP contribution in [0.3, 0.4) is 0 Å². The predicted molar refractivity (Wildman–Crippen MR) is 71.1 cm³/mol. The molecule has 0 bridgehead atoms. The Morgan fingerprint density at radius 3 is 2.95 bits per heavy atom. The Bertz CT molecular complexity index is 521. The normalized spacial score (nSPS) is 25.6. The van der Waals surface area contributed by atoms with Crippen LogP contribution in [-0.2, 0) is 11.2 Å². The molecule has 2 unspecified atom stereocenters. The quantitative estimate of drug-likeness (QED) is 0.892. The van der Waals surface area contributed by atoms with Crippen LogP contribution in [0.15, 0.2) is 18.2 Å². The van der Waals surface area contributed by atoms with Gasteiger partial charge in [-0.1, -0.05) is 12.1 Å². The van der Waals surface area contributed by atoms with E-state index in [1.54, 1.807) is 4.90 Å². The number of carbonyl (C=O) groups excluding carboxylic acids is 1. The first kappa shape index (κ1) is 13.5. The van der Waals surface area contributed by atoms with Gasteiger partial charge in [0.15, 0.2) is 11.6 Å². The fraction of sp³-hybridized carbons (Fsp3) is 0.533. The van der Waals surface area contributed by atoms with Crippen LogP contribution in [0.25, 0.3) is 0 Å². The Labute approximate surface area is 117 Å². The number of piperidine rings is 1. The van der Waals surface area contributed by atoms with Gasteiger partial charge in [0.2, 0.25) is 5.91 Å². The molecule has 2 aliphatic heterocycles. The number of halogens is 2. The highest BCUT2D eigenvalue weighted by atomic mass is 19.2. The lowest BCUT2D eigenvalue weighted by Gasteiger charge is -2.34. The molecule has 2 aliphatic rings. The Hall–Kier alpha value is -1.49. The second-order valence-electron chi connectivity index (χ2n) is 5.70. The molecule has 20 heavy (non-hydrogen) atoms. The summed E-state index contributed by atoms with van der Waals surface area (Å²) >= 11 is 0. The average molecular weight is 280 g/mol. The maximum absolute atomic E-state index is 13.6. The van der Waals surface area contributed by atoms with Crippen molar-refractivity contribution in [1.82, 2.24) is 10.2 Å². The first-order valence-electron chi connectivity index (χ1n) is 7.06. The molecule has 0 spiro atoms. The van der Waals surface area contributed by atoms with Gasteiger partial charge in [-0.25, -0.2) is 8.78 Å². The number of hydrogen-bond acceptors (Lipinski definition) is 2. The minimum atomic E-state index is -0.904. The molecule has 1 aromatic carbocycles. The van der Waals surface area contributed by atoms with Crippen LogP contribution in [0.1, 0.15) is 12.0 Å². The van der Waals surface area contributed by atoms with E-state index in [4.69, 9.17) is 0 Å². The van der Waals surface area contributed by atoms with Crippen molar-refractivity contribution < 1.29 is 13.6 Å². The molecule has 0 saturated carbocycles. The van der Waals surface area contributed by atoms with E-state index in [1.165, 1.54) is 12.1 Å². The molecule has 2 atom stereocenters. The van der Waals surface area contributed by atoms with Gasteiger partial charge in [-0.05, 0) is 37.4 Å². The summed E-state index contributed by atoms with van der Waals surface area (Å²) in [6.45, 7) is 3.43. The van der Waals surface area contributed by atoms with E-state index in [1.807, 2.05) is 0 Å². The molecular weight excluding hydrogens is 262 g/mol. The maximum atomic E-state index is 13.6. The van der Waals surface area contributed by atoms with Gasteiger partial charge in [0.25, 0.3) is 0 Å². The molecule has 3 rings (SSSR count). The third-order valence-electron chi connectivity index (χ3n) is 4.43. The van der Waals surface area contributed by atoms with Crippen LogP contribution in [0, 0.1) is 23.5 Å². The second-order valence-corrected chi connectivity index (χ2v) is 5.70. The van der Waals surface area contributed by atoms with E-state index in [2.05, 4.69) is 5.32 Å². The Morgan fingerprint density at radius 1 is 1.30 bits per heavy atom. The zero-order chi connectivity index (χ0) is 14.1. The van der Waals surface area contributed by atoms with Crippen molar-refractivity contribution in [3.05, 3.63) is 35.4 Å². The highest BCUT2D eigenvalue weighted by molar-refractivity contribution is 5.79. The molecule has 2 heterocycles. The number of amides is 1. The Kier molecular flexibility index (Phi) is 3.70. The van der Waals surface area contributed by atoms with Crippen LogP contribution in [-0.4, -0.2) is 37.0 Å². The van der Waals surface area contributed by atoms with Crippen LogP contribution in [0.4, 0.5) is 8.78 Å². The summed E-state index contributed by atoms with van der Waals surface area (Å²) < 4.78 is 26.7. The summed E-state index contributed by atoms with van der Waals surface area (Å²) in [4.78, 5) is 14.0. The molecule has 0 radical (unpaired) electrons. The molecule has 2 saturated heterocycles. The largest absolute Gasteiger partial charge is 0.342 e.